The maximum absolute atomic E-state index is 12.5. The van der Waals surface area contributed by atoms with E-state index >= 15 is 0 Å². The first-order valence-electron chi connectivity index (χ1n) is 6.99. The molecule has 1 aromatic rings. The Morgan fingerprint density at radius 1 is 1.25 bits per heavy atom. The van der Waals surface area contributed by atoms with Gasteiger partial charge in [-0.25, -0.2) is 0 Å². The Hall–Kier alpha value is -0.380. The van der Waals surface area contributed by atoms with Crippen LogP contribution in [-0.2, 0) is 4.79 Å². The van der Waals surface area contributed by atoms with Crippen LogP contribution in [0.1, 0.15) is 24.3 Å². The summed E-state index contributed by atoms with van der Waals surface area (Å²) in [5, 5.41) is 1.19. The van der Waals surface area contributed by atoms with Gasteiger partial charge in [-0.2, -0.15) is 11.8 Å². The lowest BCUT2D eigenvalue weighted by molar-refractivity contribution is -0.132. The molecule has 1 aliphatic carbocycles. The molecule has 0 spiro atoms. The number of hydrogen-bond acceptors (Lipinski definition) is 2. The molecule has 1 heterocycles. The third-order valence-corrected chi connectivity index (χ3v) is 5.90. The Morgan fingerprint density at radius 3 is 2.95 bits per heavy atom. The Morgan fingerprint density at radius 2 is 2.10 bits per heavy atom. The van der Waals surface area contributed by atoms with Gasteiger partial charge < -0.3 is 4.90 Å². The molecule has 1 aliphatic heterocycles. The quantitative estimate of drug-likeness (QED) is 0.815. The second-order valence-electron chi connectivity index (χ2n) is 5.38. The smallest absolute Gasteiger partial charge is 0.226 e. The molecule has 0 unspecified atom stereocenters. The third-order valence-electron chi connectivity index (χ3n) is 4.02. The minimum Gasteiger partial charge on any atom is -0.342 e. The highest BCUT2D eigenvalue weighted by atomic mass is 35.5. The molecular weight excluding hydrogens is 313 g/mol. The van der Waals surface area contributed by atoms with Crippen LogP contribution in [0.25, 0.3) is 0 Å². The van der Waals surface area contributed by atoms with Crippen LogP contribution in [0.3, 0.4) is 0 Å². The fourth-order valence-corrected chi connectivity index (χ4v) is 4.15. The van der Waals surface area contributed by atoms with Crippen molar-refractivity contribution < 1.29 is 4.79 Å². The van der Waals surface area contributed by atoms with Gasteiger partial charge in [-0.05, 0) is 36.1 Å². The maximum Gasteiger partial charge on any atom is 0.226 e. The average molecular weight is 330 g/mol. The van der Waals surface area contributed by atoms with Crippen LogP contribution in [0, 0.1) is 5.92 Å². The molecule has 1 saturated carbocycles. The van der Waals surface area contributed by atoms with Crippen molar-refractivity contribution in [1.29, 1.82) is 0 Å². The summed E-state index contributed by atoms with van der Waals surface area (Å²) in [6.45, 7) is 1.79. The predicted octanol–water partition coefficient (Wildman–Crippen LogP) is 4.06. The lowest BCUT2D eigenvalue weighted by atomic mass is 10.1. The molecule has 0 aromatic heterocycles. The van der Waals surface area contributed by atoms with Gasteiger partial charge in [0.1, 0.15) is 0 Å². The Kier molecular flexibility index (Phi) is 4.49. The van der Waals surface area contributed by atoms with E-state index in [-0.39, 0.29) is 11.8 Å². The largest absolute Gasteiger partial charge is 0.342 e. The molecule has 5 heteroatoms. The zero-order valence-electron chi connectivity index (χ0n) is 11.1. The molecule has 0 bridgehead atoms. The van der Waals surface area contributed by atoms with Crippen LogP contribution in [0.15, 0.2) is 18.2 Å². The standard InChI is InChI=1S/C15H17Cl2NOS/c16-13-4-1-3-10(14(13)17)11-9-12(11)15(19)18-5-2-7-20-8-6-18/h1,3-4,11-12H,2,5-9H2/t11-,12-/m0/s1. The van der Waals surface area contributed by atoms with E-state index in [4.69, 9.17) is 23.2 Å². The summed E-state index contributed by atoms with van der Waals surface area (Å²) in [5.74, 6) is 2.88. The van der Waals surface area contributed by atoms with E-state index in [1.54, 1.807) is 6.07 Å². The van der Waals surface area contributed by atoms with E-state index in [1.165, 1.54) is 0 Å². The lowest BCUT2D eigenvalue weighted by Crippen LogP contribution is -2.34. The summed E-state index contributed by atoms with van der Waals surface area (Å²) in [7, 11) is 0. The molecule has 2 nitrogen and oxygen atoms in total. The number of hydrogen-bond donors (Lipinski definition) is 0. The van der Waals surface area contributed by atoms with Crippen molar-refractivity contribution in [3.63, 3.8) is 0 Å². The fourth-order valence-electron chi connectivity index (χ4n) is 2.82. The number of benzene rings is 1. The van der Waals surface area contributed by atoms with Crippen molar-refractivity contribution >= 4 is 40.9 Å². The molecule has 20 heavy (non-hydrogen) atoms. The minimum atomic E-state index is 0.106. The molecule has 1 aromatic carbocycles. The van der Waals surface area contributed by atoms with E-state index < -0.39 is 0 Å². The second kappa shape index (κ2) is 6.17. The normalized spacial score (nSPS) is 26.2. The van der Waals surface area contributed by atoms with E-state index in [0.717, 1.165) is 43.0 Å². The highest BCUT2D eigenvalue weighted by molar-refractivity contribution is 7.99. The van der Waals surface area contributed by atoms with Crippen LogP contribution >= 0.6 is 35.0 Å². The Labute approximate surface area is 133 Å². The molecule has 1 amide bonds. The zero-order valence-corrected chi connectivity index (χ0v) is 13.5. The summed E-state index contributed by atoms with van der Waals surface area (Å²) in [6.07, 6.45) is 2.01. The molecule has 1 saturated heterocycles. The van der Waals surface area contributed by atoms with Crippen molar-refractivity contribution in [1.82, 2.24) is 4.90 Å². The fraction of sp³-hybridized carbons (Fsp3) is 0.533. The highest BCUT2D eigenvalue weighted by Crippen LogP contribution is 2.51. The van der Waals surface area contributed by atoms with Crippen molar-refractivity contribution in [2.45, 2.75) is 18.8 Å². The number of thioether (sulfide) groups is 1. The van der Waals surface area contributed by atoms with Crippen molar-refractivity contribution in [2.24, 2.45) is 5.92 Å². The van der Waals surface area contributed by atoms with Crippen LogP contribution in [0.4, 0.5) is 0 Å². The number of carbonyl (C=O) groups excluding carboxylic acids is 1. The summed E-state index contributed by atoms with van der Waals surface area (Å²) >= 11 is 14.2. The van der Waals surface area contributed by atoms with Crippen LogP contribution in [0.5, 0.6) is 0 Å². The van der Waals surface area contributed by atoms with E-state index in [1.807, 2.05) is 28.8 Å². The van der Waals surface area contributed by atoms with Gasteiger partial charge >= 0.3 is 0 Å². The first-order chi connectivity index (χ1) is 9.68. The van der Waals surface area contributed by atoms with Gasteiger partial charge in [0.15, 0.2) is 0 Å². The summed E-state index contributed by atoms with van der Waals surface area (Å²) < 4.78 is 0. The first kappa shape index (κ1) is 14.6. The van der Waals surface area contributed by atoms with Crippen molar-refractivity contribution in [3.05, 3.63) is 33.8 Å². The highest BCUT2D eigenvalue weighted by Gasteiger charge is 2.46. The molecule has 2 aliphatic rings. The number of carbonyl (C=O) groups is 1. The summed E-state index contributed by atoms with van der Waals surface area (Å²) in [6, 6.07) is 5.69. The molecular formula is C15H17Cl2NOS. The van der Waals surface area contributed by atoms with Gasteiger partial charge in [-0.15, -0.1) is 0 Å². The molecule has 3 rings (SSSR count). The number of rotatable bonds is 2. The summed E-state index contributed by atoms with van der Waals surface area (Å²) in [4.78, 5) is 14.6. The maximum atomic E-state index is 12.5. The second-order valence-corrected chi connectivity index (χ2v) is 7.39. The van der Waals surface area contributed by atoms with Gasteiger partial charge in [-0.3, -0.25) is 4.79 Å². The van der Waals surface area contributed by atoms with E-state index in [2.05, 4.69) is 0 Å². The SMILES string of the molecule is O=C([C@H]1C[C@H]1c1cccc(Cl)c1Cl)N1CCCSCC1. The van der Waals surface area contributed by atoms with Crippen LogP contribution < -0.4 is 0 Å². The third kappa shape index (κ3) is 2.95. The topological polar surface area (TPSA) is 20.3 Å². The van der Waals surface area contributed by atoms with Crippen LogP contribution in [-0.4, -0.2) is 35.4 Å². The summed E-state index contributed by atoms with van der Waals surface area (Å²) in [5.41, 5.74) is 1.03. The van der Waals surface area contributed by atoms with Crippen molar-refractivity contribution in [2.75, 3.05) is 24.6 Å². The first-order valence-corrected chi connectivity index (χ1v) is 8.90. The van der Waals surface area contributed by atoms with E-state index in [9.17, 15) is 4.79 Å². The van der Waals surface area contributed by atoms with Gasteiger partial charge in [-0.1, -0.05) is 35.3 Å². The Balaban J connectivity index is 1.69. The van der Waals surface area contributed by atoms with Gasteiger partial charge in [0.25, 0.3) is 0 Å². The molecule has 2 atom stereocenters. The Bertz CT molecular complexity index is 515. The molecule has 0 radical (unpaired) electrons. The number of nitrogens with zero attached hydrogens (tertiary/aromatic N) is 1. The number of halogens is 2. The van der Waals surface area contributed by atoms with Gasteiger partial charge in [0.05, 0.1) is 10.0 Å². The lowest BCUT2D eigenvalue weighted by Gasteiger charge is -2.20. The minimum absolute atomic E-state index is 0.106. The molecule has 0 N–H and O–H groups in total. The molecule has 108 valence electrons. The predicted molar refractivity (Wildman–Crippen MR) is 85.8 cm³/mol. The van der Waals surface area contributed by atoms with E-state index in [0.29, 0.717) is 16.0 Å². The number of amides is 1. The van der Waals surface area contributed by atoms with Gasteiger partial charge in [0, 0.05) is 24.8 Å². The van der Waals surface area contributed by atoms with Gasteiger partial charge in [0.2, 0.25) is 5.91 Å². The monoisotopic (exact) mass is 329 g/mol. The molecule has 2 fully saturated rings. The van der Waals surface area contributed by atoms with Crippen molar-refractivity contribution in [3.8, 4) is 0 Å². The average Bonchev–Trinajstić information content (AvgIpc) is 3.24. The zero-order chi connectivity index (χ0) is 14.1. The van der Waals surface area contributed by atoms with Crippen LogP contribution in [0.2, 0.25) is 10.0 Å².